The van der Waals surface area contributed by atoms with E-state index in [1.807, 2.05) is 31.2 Å². The molecule has 0 fully saturated rings. The molecule has 0 amide bonds. The van der Waals surface area contributed by atoms with Gasteiger partial charge in [-0.15, -0.1) is 6.58 Å². The third-order valence-corrected chi connectivity index (χ3v) is 5.82. The third-order valence-electron chi connectivity index (χ3n) is 4.93. The van der Waals surface area contributed by atoms with Crippen molar-refractivity contribution in [1.82, 2.24) is 14.6 Å². The number of fused-ring (bicyclic) bond motifs is 1. The van der Waals surface area contributed by atoms with Gasteiger partial charge in [0.1, 0.15) is 18.2 Å². The van der Waals surface area contributed by atoms with Gasteiger partial charge in [0.25, 0.3) is 5.56 Å². The fourth-order valence-electron chi connectivity index (χ4n) is 3.36. The number of methoxy groups -OCH3 is 1. The van der Waals surface area contributed by atoms with Gasteiger partial charge in [-0.1, -0.05) is 29.5 Å². The van der Waals surface area contributed by atoms with Crippen LogP contribution in [0.5, 0.6) is 5.75 Å². The van der Waals surface area contributed by atoms with E-state index < -0.39 is 5.56 Å². The summed E-state index contributed by atoms with van der Waals surface area (Å²) in [4.78, 5) is 29.6. The molecular formula is C24H22N4O4S. The number of nitrogens with zero attached hydrogens (tertiary/aromatic N) is 3. The summed E-state index contributed by atoms with van der Waals surface area (Å²) >= 11 is 1.23. The molecule has 168 valence electrons. The molecule has 1 aliphatic carbocycles. The summed E-state index contributed by atoms with van der Waals surface area (Å²) in [7, 11) is 1.42. The van der Waals surface area contributed by atoms with Crippen molar-refractivity contribution < 1.29 is 14.3 Å². The Balaban J connectivity index is 1.69. The normalized spacial score (nSPS) is 14.8. The first-order valence-corrected chi connectivity index (χ1v) is 10.9. The monoisotopic (exact) mass is 462 g/mol. The largest absolute Gasteiger partial charge is 0.493 e. The summed E-state index contributed by atoms with van der Waals surface area (Å²) in [6.07, 6.45) is 6.83. The SMILES string of the molecule is C=CCC1=C/C(=C\c2c(N)n3nc(COc4cccc(C)c4)sc3nc2=O)C=C(OC)C1=O. The summed E-state index contributed by atoms with van der Waals surface area (Å²) in [5.74, 6) is 0.839. The number of hydrogen-bond acceptors (Lipinski definition) is 8. The maximum absolute atomic E-state index is 12.7. The number of allylic oxidation sites excluding steroid dienone is 5. The van der Waals surface area contributed by atoms with Gasteiger partial charge < -0.3 is 15.2 Å². The third kappa shape index (κ3) is 4.63. The Morgan fingerprint density at radius 3 is 2.82 bits per heavy atom. The average Bonchev–Trinajstić information content (AvgIpc) is 3.20. The number of nitrogens with two attached hydrogens (primary N) is 1. The molecule has 0 unspecified atom stereocenters. The second-order valence-corrected chi connectivity index (χ2v) is 8.40. The van der Waals surface area contributed by atoms with Crippen molar-refractivity contribution in [3.63, 3.8) is 0 Å². The van der Waals surface area contributed by atoms with E-state index in [2.05, 4.69) is 16.7 Å². The molecular weight excluding hydrogens is 440 g/mol. The lowest BCUT2D eigenvalue weighted by molar-refractivity contribution is -0.115. The number of Topliss-reactive ketones (excluding diaryl/α,β-unsaturated/α-hetero) is 1. The van der Waals surface area contributed by atoms with Crippen molar-refractivity contribution in [3.8, 4) is 5.75 Å². The summed E-state index contributed by atoms with van der Waals surface area (Å²) in [6, 6.07) is 7.69. The maximum Gasteiger partial charge on any atom is 0.283 e. The van der Waals surface area contributed by atoms with Crippen LogP contribution in [0.1, 0.15) is 22.6 Å². The topological polar surface area (TPSA) is 109 Å². The highest BCUT2D eigenvalue weighted by molar-refractivity contribution is 7.16. The molecule has 0 radical (unpaired) electrons. The molecule has 1 aliphatic rings. The molecule has 8 nitrogen and oxygen atoms in total. The lowest BCUT2D eigenvalue weighted by atomic mass is 9.95. The molecule has 0 saturated heterocycles. The molecule has 9 heteroatoms. The van der Waals surface area contributed by atoms with Crippen LogP contribution in [0.4, 0.5) is 5.82 Å². The zero-order valence-corrected chi connectivity index (χ0v) is 19.0. The van der Waals surface area contributed by atoms with Crippen LogP contribution in [0.3, 0.4) is 0 Å². The zero-order chi connectivity index (χ0) is 23.5. The fourth-order valence-corrected chi connectivity index (χ4v) is 4.16. The Kier molecular flexibility index (Phi) is 6.23. The molecule has 0 atom stereocenters. The smallest absolute Gasteiger partial charge is 0.283 e. The molecule has 1 aromatic carbocycles. The average molecular weight is 463 g/mol. The van der Waals surface area contributed by atoms with Gasteiger partial charge in [0.2, 0.25) is 10.7 Å². The van der Waals surface area contributed by atoms with Crippen molar-refractivity contribution in [3.05, 3.63) is 92.5 Å². The second-order valence-electron chi connectivity index (χ2n) is 7.36. The molecule has 0 spiro atoms. The Morgan fingerprint density at radius 1 is 1.27 bits per heavy atom. The predicted molar refractivity (Wildman–Crippen MR) is 128 cm³/mol. The lowest BCUT2D eigenvalue weighted by Crippen LogP contribution is -2.17. The highest BCUT2D eigenvalue weighted by atomic mass is 32.1. The number of carbonyl (C=O) groups is 1. The van der Waals surface area contributed by atoms with Gasteiger partial charge >= 0.3 is 0 Å². The summed E-state index contributed by atoms with van der Waals surface area (Å²) in [6.45, 7) is 5.88. The number of carbonyl (C=O) groups excluding carboxylic acids is 1. The molecule has 2 heterocycles. The Morgan fingerprint density at radius 2 is 2.09 bits per heavy atom. The summed E-state index contributed by atoms with van der Waals surface area (Å²) < 4.78 is 12.4. The van der Waals surface area contributed by atoms with Crippen LogP contribution in [0.15, 0.2) is 70.8 Å². The van der Waals surface area contributed by atoms with E-state index in [1.165, 1.54) is 23.0 Å². The fraction of sp³-hybridized carbons (Fsp3) is 0.167. The van der Waals surface area contributed by atoms with Crippen LogP contribution in [-0.2, 0) is 16.1 Å². The van der Waals surface area contributed by atoms with E-state index in [-0.39, 0.29) is 29.5 Å². The maximum atomic E-state index is 12.7. The van der Waals surface area contributed by atoms with Crippen LogP contribution >= 0.6 is 11.3 Å². The van der Waals surface area contributed by atoms with Gasteiger partial charge in [-0.2, -0.15) is 14.6 Å². The quantitative estimate of drug-likeness (QED) is 0.534. The van der Waals surface area contributed by atoms with Crippen molar-refractivity contribution in [1.29, 1.82) is 0 Å². The van der Waals surface area contributed by atoms with Gasteiger partial charge in [0, 0.05) is 5.57 Å². The number of hydrogen-bond donors (Lipinski definition) is 1. The number of anilines is 1. The van der Waals surface area contributed by atoms with E-state index in [9.17, 15) is 9.59 Å². The number of rotatable bonds is 7. The summed E-state index contributed by atoms with van der Waals surface area (Å²) in [5, 5.41) is 5.09. The predicted octanol–water partition coefficient (Wildman–Crippen LogP) is 3.62. The second kappa shape index (κ2) is 9.25. The molecule has 4 rings (SSSR count). The minimum Gasteiger partial charge on any atom is -0.493 e. The van der Waals surface area contributed by atoms with E-state index in [4.69, 9.17) is 15.2 Å². The Labute approximate surface area is 194 Å². The molecule has 33 heavy (non-hydrogen) atoms. The van der Waals surface area contributed by atoms with E-state index in [1.54, 1.807) is 24.3 Å². The number of nitrogen functional groups attached to an aromatic ring is 1. The number of ketones is 1. The zero-order valence-electron chi connectivity index (χ0n) is 18.2. The summed E-state index contributed by atoms with van der Waals surface area (Å²) in [5.41, 5.74) is 8.16. The Hall–Kier alpha value is -3.98. The lowest BCUT2D eigenvalue weighted by Gasteiger charge is -2.14. The Bertz CT molecular complexity index is 1410. The number of benzene rings is 1. The van der Waals surface area contributed by atoms with E-state index >= 15 is 0 Å². The molecule has 2 aromatic heterocycles. The highest BCUT2D eigenvalue weighted by Crippen LogP contribution is 2.25. The van der Waals surface area contributed by atoms with Crippen molar-refractivity contribution in [2.24, 2.45) is 0 Å². The van der Waals surface area contributed by atoms with Gasteiger partial charge in [0.15, 0.2) is 10.8 Å². The minimum atomic E-state index is -0.488. The molecule has 0 bridgehead atoms. The van der Waals surface area contributed by atoms with Gasteiger partial charge in [-0.25, -0.2) is 0 Å². The standard InChI is InChI=1S/C24H22N4O4S/c1-4-6-16-10-15(12-19(31-3)21(16)29)11-18-22(25)28-24(26-23(18)30)33-20(27-28)13-32-17-8-5-7-14(2)9-17/h4-5,7-12H,1,6,13,25H2,2-3H3/b15-11+. The van der Waals surface area contributed by atoms with Crippen LogP contribution in [-0.4, -0.2) is 27.5 Å². The first kappa shape index (κ1) is 22.2. The number of aromatic nitrogens is 3. The number of ether oxygens (including phenoxy) is 2. The van der Waals surface area contributed by atoms with Crippen molar-refractivity contribution in [2.45, 2.75) is 20.0 Å². The highest BCUT2D eigenvalue weighted by Gasteiger charge is 2.21. The molecule has 3 aromatic rings. The van der Waals surface area contributed by atoms with Gasteiger partial charge in [-0.05, 0) is 54.8 Å². The van der Waals surface area contributed by atoms with Crippen LogP contribution in [0.2, 0.25) is 0 Å². The molecule has 2 N–H and O–H groups in total. The van der Waals surface area contributed by atoms with Crippen molar-refractivity contribution >= 4 is 34.0 Å². The van der Waals surface area contributed by atoms with Gasteiger partial charge in [0.05, 0.1) is 12.7 Å². The minimum absolute atomic E-state index is 0.151. The van der Waals surface area contributed by atoms with Crippen LogP contribution in [0, 0.1) is 6.92 Å². The molecule has 0 saturated carbocycles. The van der Waals surface area contributed by atoms with E-state index in [0.29, 0.717) is 27.5 Å². The first-order chi connectivity index (χ1) is 15.9. The number of aryl methyl sites for hydroxylation is 1. The van der Waals surface area contributed by atoms with Crippen molar-refractivity contribution in [2.75, 3.05) is 12.8 Å². The van der Waals surface area contributed by atoms with E-state index in [0.717, 1.165) is 11.3 Å². The van der Waals surface area contributed by atoms with Crippen LogP contribution < -0.4 is 16.0 Å². The van der Waals surface area contributed by atoms with Crippen LogP contribution in [0.25, 0.3) is 11.0 Å². The molecule has 0 aliphatic heterocycles. The first-order valence-electron chi connectivity index (χ1n) is 10.1. The van der Waals surface area contributed by atoms with Gasteiger partial charge in [-0.3, -0.25) is 9.59 Å².